The fourth-order valence-corrected chi connectivity index (χ4v) is 4.33. The van der Waals surface area contributed by atoms with E-state index >= 15 is 0 Å². The van der Waals surface area contributed by atoms with Crippen LogP contribution < -0.4 is 5.32 Å². The molecule has 0 amide bonds. The van der Waals surface area contributed by atoms with Gasteiger partial charge in [-0.2, -0.15) is 5.10 Å². The fraction of sp³-hybridized carbons (Fsp3) is 0.167. The van der Waals surface area contributed by atoms with Gasteiger partial charge in [-0.05, 0) is 43.2 Å². The van der Waals surface area contributed by atoms with Gasteiger partial charge in [0, 0.05) is 36.5 Å². The molecule has 3 aromatic heterocycles. The molecular weight excluding hydrogens is 404 g/mol. The number of hydrogen-bond acceptors (Lipinski definition) is 6. The molecule has 0 spiro atoms. The van der Waals surface area contributed by atoms with Crippen LogP contribution in [-0.4, -0.2) is 24.7 Å². The van der Waals surface area contributed by atoms with Gasteiger partial charge >= 0.3 is 0 Å². The summed E-state index contributed by atoms with van der Waals surface area (Å²) in [5.74, 6) is 1.54. The van der Waals surface area contributed by atoms with Crippen molar-refractivity contribution in [2.24, 2.45) is 7.05 Å². The fourth-order valence-electron chi connectivity index (χ4n) is 3.67. The van der Waals surface area contributed by atoms with Crippen molar-refractivity contribution in [3.05, 3.63) is 77.8 Å². The molecule has 6 nitrogen and oxygen atoms in total. The van der Waals surface area contributed by atoms with Crippen molar-refractivity contribution in [1.29, 1.82) is 0 Å². The highest BCUT2D eigenvalue weighted by molar-refractivity contribution is 7.16. The standard InChI is InChI=1S/C24H22N6S/c1-15(17-5-4-6-18(9-17)20-12-26-30(3)13-20)27-24-11-21(28-16(2)29-24)19-7-8-23-22(10-19)25-14-31-23/h4-15H,1-3H3,(H,27,28,29). The van der Waals surface area contributed by atoms with Crippen LogP contribution in [0.2, 0.25) is 0 Å². The van der Waals surface area contributed by atoms with Gasteiger partial charge in [0.1, 0.15) is 11.6 Å². The molecule has 0 saturated heterocycles. The Labute approximate surface area is 184 Å². The van der Waals surface area contributed by atoms with Gasteiger partial charge in [0.15, 0.2) is 0 Å². The molecular formula is C24H22N6S. The van der Waals surface area contributed by atoms with Crippen LogP contribution in [0.1, 0.15) is 24.4 Å². The van der Waals surface area contributed by atoms with Crippen molar-refractivity contribution < 1.29 is 0 Å². The van der Waals surface area contributed by atoms with Gasteiger partial charge in [-0.25, -0.2) is 15.0 Å². The molecule has 0 bridgehead atoms. The van der Waals surface area contributed by atoms with Gasteiger partial charge in [-0.1, -0.05) is 24.3 Å². The van der Waals surface area contributed by atoms with Crippen LogP contribution in [0.25, 0.3) is 32.6 Å². The zero-order valence-corrected chi connectivity index (χ0v) is 18.4. The first-order valence-electron chi connectivity index (χ1n) is 10.1. The Morgan fingerprint density at radius 2 is 1.90 bits per heavy atom. The van der Waals surface area contributed by atoms with E-state index in [1.54, 1.807) is 11.3 Å². The van der Waals surface area contributed by atoms with E-state index in [1.807, 2.05) is 42.6 Å². The second kappa shape index (κ2) is 7.92. The summed E-state index contributed by atoms with van der Waals surface area (Å²) in [5.41, 5.74) is 8.23. The zero-order chi connectivity index (χ0) is 21.4. The van der Waals surface area contributed by atoms with Gasteiger partial charge in [0.2, 0.25) is 0 Å². The first kappa shape index (κ1) is 19.4. The van der Waals surface area contributed by atoms with E-state index in [-0.39, 0.29) is 6.04 Å². The number of nitrogens with one attached hydrogen (secondary N) is 1. The number of fused-ring (bicyclic) bond motifs is 1. The first-order valence-corrected chi connectivity index (χ1v) is 11.0. The van der Waals surface area contributed by atoms with E-state index < -0.39 is 0 Å². The predicted molar refractivity (Wildman–Crippen MR) is 126 cm³/mol. The van der Waals surface area contributed by atoms with Crippen molar-refractivity contribution >= 4 is 27.4 Å². The van der Waals surface area contributed by atoms with Gasteiger partial charge in [-0.15, -0.1) is 11.3 Å². The summed E-state index contributed by atoms with van der Waals surface area (Å²) in [6.45, 7) is 4.06. The molecule has 0 aliphatic rings. The van der Waals surface area contributed by atoms with Crippen molar-refractivity contribution in [2.75, 3.05) is 5.32 Å². The number of anilines is 1. The molecule has 154 valence electrons. The molecule has 1 atom stereocenters. The Morgan fingerprint density at radius 1 is 1.00 bits per heavy atom. The number of hydrogen-bond donors (Lipinski definition) is 1. The first-order chi connectivity index (χ1) is 15.0. The normalized spacial score (nSPS) is 12.2. The number of nitrogens with zero attached hydrogens (tertiary/aromatic N) is 5. The Kier molecular flexibility index (Phi) is 4.95. The Bertz CT molecular complexity index is 1370. The summed E-state index contributed by atoms with van der Waals surface area (Å²) >= 11 is 1.64. The molecule has 0 aliphatic heterocycles. The molecule has 5 rings (SSSR count). The number of aromatic nitrogens is 5. The molecule has 3 heterocycles. The lowest BCUT2D eigenvalue weighted by Crippen LogP contribution is -2.09. The maximum absolute atomic E-state index is 4.65. The van der Waals surface area contributed by atoms with Crippen LogP contribution in [-0.2, 0) is 7.05 Å². The summed E-state index contributed by atoms with van der Waals surface area (Å²) in [5, 5.41) is 7.82. The average molecular weight is 427 g/mol. The second-order valence-corrected chi connectivity index (χ2v) is 8.50. The summed E-state index contributed by atoms with van der Waals surface area (Å²) < 4.78 is 2.99. The zero-order valence-electron chi connectivity index (χ0n) is 17.6. The maximum atomic E-state index is 4.65. The molecule has 1 unspecified atom stereocenters. The molecule has 2 aromatic carbocycles. The van der Waals surface area contributed by atoms with Crippen LogP contribution >= 0.6 is 11.3 Å². The van der Waals surface area contributed by atoms with Crippen LogP contribution in [0.5, 0.6) is 0 Å². The third kappa shape index (κ3) is 4.04. The molecule has 0 radical (unpaired) electrons. The summed E-state index contributed by atoms with van der Waals surface area (Å²) in [4.78, 5) is 13.7. The highest BCUT2D eigenvalue weighted by Crippen LogP contribution is 2.28. The highest BCUT2D eigenvalue weighted by Gasteiger charge is 2.11. The monoisotopic (exact) mass is 426 g/mol. The van der Waals surface area contributed by atoms with E-state index in [1.165, 1.54) is 10.3 Å². The minimum Gasteiger partial charge on any atom is -0.363 e. The predicted octanol–water partition coefficient (Wildman–Crippen LogP) is 5.64. The van der Waals surface area contributed by atoms with Crippen molar-refractivity contribution in [1.82, 2.24) is 24.7 Å². The second-order valence-electron chi connectivity index (χ2n) is 7.61. The lowest BCUT2D eigenvalue weighted by molar-refractivity contribution is 0.768. The van der Waals surface area contributed by atoms with E-state index in [4.69, 9.17) is 0 Å². The van der Waals surface area contributed by atoms with Gasteiger partial charge in [0.25, 0.3) is 0 Å². The van der Waals surface area contributed by atoms with Crippen LogP contribution in [0.15, 0.2) is 66.4 Å². The molecule has 0 fully saturated rings. The molecule has 0 aliphatic carbocycles. The van der Waals surface area contributed by atoms with Gasteiger partial charge in [0.05, 0.1) is 27.6 Å². The van der Waals surface area contributed by atoms with Crippen LogP contribution in [0, 0.1) is 6.92 Å². The van der Waals surface area contributed by atoms with Crippen molar-refractivity contribution in [3.8, 4) is 22.4 Å². The van der Waals surface area contributed by atoms with Gasteiger partial charge < -0.3 is 5.32 Å². The van der Waals surface area contributed by atoms with E-state index in [2.05, 4.69) is 74.8 Å². The number of benzene rings is 2. The highest BCUT2D eigenvalue weighted by atomic mass is 32.1. The van der Waals surface area contributed by atoms with E-state index in [0.717, 1.165) is 39.5 Å². The van der Waals surface area contributed by atoms with Crippen molar-refractivity contribution in [2.45, 2.75) is 19.9 Å². The lowest BCUT2D eigenvalue weighted by Gasteiger charge is -2.17. The summed E-state index contributed by atoms with van der Waals surface area (Å²) in [7, 11) is 1.93. The van der Waals surface area contributed by atoms with Crippen LogP contribution in [0.3, 0.4) is 0 Å². The third-order valence-electron chi connectivity index (χ3n) is 5.25. The Hall–Kier alpha value is -3.58. The van der Waals surface area contributed by atoms with E-state index in [9.17, 15) is 0 Å². The minimum atomic E-state index is 0.0831. The number of thiazole rings is 1. The molecule has 1 N–H and O–H groups in total. The largest absolute Gasteiger partial charge is 0.363 e. The molecule has 7 heteroatoms. The SMILES string of the molecule is Cc1nc(NC(C)c2cccc(-c3cnn(C)c3)c2)cc(-c2ccc3scnc3c2)n1. The molecule has 31 heavy (non-hydrogen) atoms. The van der Waals surface area contributed by atoms with Gasteiger partial charge in [-0.3, -0.25) is 4.68 Å². The summed E-state index contributed by atoms with van der Waals surface area (Å²) in [6, 6.07) is 16.9. The Morgan fingerprint density at radius 3 is 2.74 bits per heavy atom. The molecule has 0 saturated carbocycles. The molecule has 5 aromatic rings. The minimum absolute atomic E-state index is 0.0831. The average Bonchev–Trinajstić information content (AvgIpc) is 3.41. The number of rotatable bonds is 5. The third-order valence-corrected chi connectivity index (χ3v) is 6.06. The Balaban J connectivity index is 1.42. The smallest absolute Gasteiger partial charge is 0.130 e. The van der Waals surface area contributed by atoms with Crippen LogP contribution in [0.4, 0.5) is 5.82 Å². The lowest BCUT2D eigenvalue weighted by atomic mass is 10.0. The quantitative estimate of drug-likeness (QED) is 0.394. The number of aryl methyl sites for hydroxylation is 2. The van der Waals surface area contributed by atoms with E-state index in [0.29, 0.717) is 0 Å². The topological polar surface area (TPSA) is 68.5 Å². The maximum Gasteiger partial charge on any atom is 0.130 e. The van der Waals surface area contributed by atoms with Crippen molar-refractivity contribution in [3.63, 3.8) is 0 Å². The summed E-state index contributed by atoms with van der Waals surface area (Å²) in [6.07, 6.45) is 3.91.